The zero-order valence-corrected chi connectivity index (χ0v) is 8.49. The highest BCUT2D eigenvalue weighted by Crippen LogP contribution is 1.99. The van der Waals surface area contributed by atoms with Crippen LogP contribution >= 0.6 is 0 Å². The maximum Gasteiger partial charge on any atom is 0.321 e. The van der Waals surface area contributed by atoms with Crippen molar-refractivity contribution >= 4 is 23.9 Å². The minimum absolute atomic E-state index is 0.672. The van der Waals surface area contributed by atoms with Gasteiger partial charge in [-0.25, -0.2) is 0 Å². The molecule has 9 nitrogen and oxygen atoms in total. The van der Waals surface area contributed by atoms with Crippen LogP contribution < -0.4 is 5.32 Å². The standard InChI is InChI=1S/C8H11NO8/c10-5(11)1-4(8(16)17)9-2-3(6(12)13)7(14)15/h3-4,9H,1-2H2,(H,10,11)(H,12,13)(H,14,15)(H,16,17)/t4-/m0/s1. The molecule has 0 saturated carbocycles. The molecule has 0 aliphatic heterocycles. The van der Waals surface area contributed by atoms with Gasteiger partial charge in [-0.3, -0.25) is 19.2 Å². The number of carbonyl (C=O) groups is 4. The summed E-state index contributed by atoms with van der Waals surface area (Å²) in [7, 11) is 0. The number of nitrogens with one attached hydrogen (secondary N) is 1. The van der Waals surface area contributed by atoms with Crippen LogP contribution in [0.4, 0.5) is 0 Å². The van der Waals surface area contributed by atoms with Gasteiger partial charge in [0.1, 0.15) is 6.04 Å². The molecule has 9 heteroatoms. The van der Waals surface area contributed by atoms with E-state index in [4.69, 9.17) is 20.4 Å². The van der Waals surface area contributed by atoms with E-state index in [1.165, 1.54) is 0 Å². The summed E-state index contributed by atoms with van der Waals surface area (Å²) in [6.45, 7) is -0.672. The SMILES string of the molecule is O=C(O)C[C@H](NCC(C(=O)O)C(=O)O)C(=O)O. The molecule has 0 aliphatic rings. The van der Waals surface area contributed by atoms with Crippen molar-refractivity contribution in [3.8, 4) is 0 Å². The Hall–Kier alpha value is -2.16. The molecule has 0 unspecified atom stereocenters. The summed E-state index contributed by atoms with van der Waals surface area (Å²) in [5, 5.41) is 36.0. The average molecular weight is 249 g/mol. The number of carboxylic acid groups (broad SMARTS) is 4. The highest BCUT2D eigenvalue weighted by molar-refractivity contribution is 5.93. The van der Waals surface area contributed by atoms with E-state index >= 15 is 0 Å². The Morgan fingerprint density at radius 2 is 1.35 bits per heavy atom. The van der Waals surface area contributed by atoms with Crippen molar-refractivity contribution in [2.24, 2.45) is 5.92 Å². The van der Waals surface area contributed by atoms with E-state index in [1.807, 2.05) is 0 Å². The van der Waals surface area contributed by atoms with Crippen LogP contribution in [-0.4, -0.2) is 56.9 Å². The first-order valence-electron chi connectivity index (χ1n) is 4.39. The molecule has 0 aromatic heterocycles. The summed E-state index contributed by atoms with van der Waals surface area (Å²) in [5.74, 6) is -7.99. The van der Waals surface area contributed by atoms with Crippen LogP contribution in [0.1, 0.15) is 6.42 Å². The Balaban J connectivity index is 4.47. The molecule has 1 atom stereocenters. The quantitative estimate of drug-likeness (QED) is 0.315. The van der Waals surface area contributed by atoms with Crippen LogP contribution in [0.2, 0.25) is 0 Å². The van der Waals surface area contributed by atoms with Gasteiger partial charge in [0.15, 0.2) is 5.92 Å². The maximum atomic E-state index is 10.6. The van der Waals surface area contributed by atoms with Crippen molar-refractivity contribution < 1.29 is 39.6 Å². The summed E-state index contributed by atoms with van der Waals surface area (Å²) < 4.78 is 0. The van der Waals surface area contributed by atoms with Gasteiger partial charge in [-0.2, -0.15) is 0 Å². The molecular formula is C8H11NO8. The maximum absolute atomic E-state index is 10.6. The Morgan fingerprint density at radius 3 is 1.65 bits per heavy atom. The van der Waals surface area contributed by atoms with Crippen molar-refractivity contribution in [2.45, 2.75) is 12.5 Å². The fourth-order valence-corrected chi connectivity index (χ4v) is 0.962. The van der Waals surface area contributed by atoms with Gasteiger partial charge in [0.25, 0.3) is 0 Å². The van der Waals surface area contributed by atoms with Crippen molar-refractivity contribution in [3.05, 3.63) is 0 Å². The van der Waals surface area contributed by atoms with Gasteiger partial charge in [0.2, 0.25) is 0 Å². The molecular weight excluding hydrogens is 238 g/mol. The second-order valence-corrected chi connectivity index (χ2v) is 3.13. The molecule has 0 heterocycles. The Labute approximate surface area is 94.7 Å². The Kier molecular flexibility index (Phi) is 5.61. The molecule has 17 heavy (non-hydrogen) atoms. The minimum atomic E-state index is -1.83. The predicted molar refractivity (Wildman–Crippen MR) is 50.4 cm³/mol. The van der Waals surface area contributed by atoms with E-state index in [9.17, 15) is 19.2 Å². The monoisotopic (exact) mass is 249 g/mol. The third-order valence-electron chi connectivity index (χ3n) is 1.84. The van der Waals surface area contributed by atoms with Gasteiger partial charge in [-0.1, -0.05) is 0 Å². The highest BCUT2D eigenvalue weighted by Gasteiger charge is 2.28. The lowest BCUT2D eigenvalue weighted by Gasteiger charge is -2.14. The van der Waals surface area contributed by atoms with Crippen LogP contribution in [0, 0.1) is 5.92 Å². The molecule has 96 valence electrons. The molecule has 0 aliphatic carbocycles. The lowest BCUT2D eigenvalue weighted by atomic mass is 10.1. The Bertz CT molecular complexity index is 324. The fraction of sp³-hybridized carbons (Fsp3) is 0.500. The third kappa shape index (κ3) is 5.47. The van der Waals surface area contributed by atoms with Crippen molar-refractivity contribution in [1.82, 2.24) is 5.32 Å². The summed E-state index contributed by atoms with van der Waals surface area (Å²) in [6.07, 6.45) is -0.776. The normalized spacial score (nSPS) is 12.1. The zero-order valence-electron chi connectivity index (χ0n) is 8.49. The van der Waals surface area contributed by atoms with E-state index in [0.717, 1.165) is 0 Å². The van der Waals surface area contributed by atoms with Gasteiger partial charge in [0.05, 0.1) is 6.42 Å². The molecule has 0 amide bonds. The Morgan fingerprint density at radius 1 is 0.882 bits per heavy atom. The van der Waals surface area contributed by atoms with Gasteiger partial charge in [0, 0.05) is 6.54 Å². The first-order valence-corrected chi connectivity index (χ1v) is 4.39. The van der Waals surface area contributed by atoms with Crippen molar-refractivity contribution in [1.29, 1.82) is 0 Å². The van der Waals surface area contributed by atoms with Crippen LogP contribution in [0.5, 0.6) is 0 Å². The van der Waals surface area contributed by atoms with E-state index in [2.05, 4.69) is 5.32 Å². The topological polar surface area (TPSA) is 161 Å². The highest BCUT2D eigenvalue weighted by atomic mass is 16.4. The first kappa shape index (κ1) is 14.8. The first-order chi connectivity index (χ1) is 7.75. The summed E-state index contributed by atoms with van der Waals surface area (Å²) in [5.41, 5.74) is 0. The lowest BCUT2D eigenvalue weighted by Crippen LogP contribution is -2.44. The van der Waals surface area contributed by atoms with E-state index < -0.39 is 48.8 Å². The van der Waals surface area contributed by atoms with Gasteiger partial charge in [-0.15, -0.1) is 0 Å². The molecule has 0 rings (SSSR count). The van der Waals surface area contributed by atoms with E-state index in [0.29, 0.717) is 0 Å². The van der Waals surface area contributed by atoms with E-state index in [-0.39, 0.29) is 0 Å². The summed E-state index contributed by atoms with van der Waals surface area (Å²) in [4.78, 5) is 41.8. The predicted octanol–water partition coefficient (Wildman–Crippen LogP) is -1.71. The minimum Gasteiger partial charge on any atom is -0.481 e. The van der Waals surface area contributed by atoms with Crippen LogP contribution in [0.25, 0.3) is 0 Å². The van der Waals surface area contributed by atoms with Gasteiger partial charge < -0.3 is 25.7 Å². The van der Waals surface area contributed by atoms with Crippen molar-refractivity contribution in [2.75, 3.05) is 6.54 Å². The van der Waals surface area contributed by atoms with Crippen LogP contribution in [-0.2, 0) is 19.2 Å². The molecule has 0 radical (unpaired) electrons. The van der Waals surface area contributed by atoms with Crippen LogP contribution in [0.3, 0.4) is 0 Å². The fourth-order valence-electron chi connectivity index (χ4n) is 0.962. The van der Waals surface area contributed by atoms with Crippen molar-refractivity contribution in [3.63, 3.8) is 0 Å². The number of hydrogen-bond donors (Lipinski definition) is 5. The molecule has 5 N–H and O–H groups in total. The number of carboxylic acids is 4. The van der Waals surface area contributed by atoms with E-state index in [1.54, 1.807) is 0 Å². The lowest BCUT2D eigenvalue weighted by molar-refractivity contribution is -0.155. The molecule has 0 saturated heterocycles. The van der Waals surface area contributed by atoms with Gasteiger partial charge in [-0.05, 0) is 0 Å². The smallest absolute Gasteiger partial charge is 0.321 e. The third-order valence-corrected chi connectivity index (χ3v) is 1.84. The second kappa shape index (κ2) is 6.43. The van der Waals surface area contributed by atoms with Crippen LogP contribution in [0.15, 0.2) is 0 Å². The number of rotatable bonds is 8. The summed E-state index contributed by atoms with van der Waals surface area (Å²) in [6, 6.07) is -1.53. The molecule has 0 aromatic rings. The molecule has 0 bridgehead atoms. The molecule has 0 aromatic carbocycles. The second-order valence-electron chi connectivity index (χ2n) is 3.13. The summed E-state index contributed by atoms with van der Waals surface area (Å²) >= 11 is 0. The zero-order chi connectivity index (χ0) is 13.6. The number of hydrogen-bond acceptors (Lipinski definition) is 5. The van der Waals surface area contributed by atoms with Gasteiger partial charge >= 0.3 is 23.9 Å². The largest absolute Gasteiger partial charge is 0.481 e. The number of aliphatic carboxylic acids is 4. The average Bonchev–Trinajstić information content (AvgIpc) is 2.14. The molecule has 0 fully saturated rings. The molecule has 0 spiro atoms.